The fourth-order valence-electron chi connectivity index (χ4n) is 2.86. The van der Waals surface area contributed by atoms with Crippen LogP contribution in [0.4, 0.5) is 5.69 Å². The van der Waals surface area contributed by atoms with Crippen molar-refractivity contribution in [3.63, 3.8) is 0 Å². The Morgan fingerprint density at radius 1 is 1.17 bits per heavy atom. The number of benzene rings is 2. The largest absolute Gasteiger partial charge is 0.456 e. The van der Waals surface area contributed by atoms with Crippen molar-refractivity contribution in [2.24, 2.45) is 0 Å². The van der Waals surface area contributed by atoms with Gasteiger partial charge in [-0.15, -0.1) is 0 Å². The third-order valence-corrected chi connectivity index (χ3v) is 6.29. The fourth-order valence-corrected chi connectivity index (χ4v) is 4.18. The molecule has 1 atom stereocenters. The van der Waals surface area contributed by atoms with Gasteiger partial charge in [-0.3, -0.25) is 14.4 Å². The number of Topliss-reactive ketones (excluding diaryl/α,β-unsaturated/α-hetero) is 1. The summed E-state index contributed by atoms with van der Waals surface area (Å²) in [7, 11) is -3.96. The first-order valence-corrected chi connectivity index (χ1v) is 10.9. The fraction of sp³-hybridized carbons (Fsp3) is 0.250. The third kappa shape index (κ3) is 5.24. The van der Waals surface area contributed by atoms with Crippen LogP contribution in [-0.4, -0.2) is 38.7 Å². The maximum Gasteiger partial charge on any atom is 0.324 e. The molecule has 2 aromatic carbocycles. The van der Waals surface area contributed by atoms with Gasteiger partial charge in [-0.2, -0.15) is 4.72 Å². The number of hydrogen-bond donors (Lipinski definition) is 2. The summed E-state index contributed by atoms with van der Waals surface area (Å²) < 4.78 is 31.8. The Bertz CT molecular complexity index is 1100. The van der Waals surface area contributed by atoms with Gasteiger partial charge in [0.25, 0.3) is 0 Å². The molecule has 0 saturated carbocycles. The molecule has 0 bridgehead atoms. The van der Waals surface area contributed by atoms with Crippen molar-refractivity contribution in [3.8, 4) is 0 Å². The number of carbonyl (C=O) groups is 3. The van der Waals surface area contributed by atoms with Crippen LogP contribution in [0.1, 0.15) is 29.3 Å². The van der Waals surface area contributed by atoms with Crippen LogP contribution in [-0.2, 0) is 30.8 Å². The first kappa shape index (κ1) is 21.9. The smallest absolute Gasteiger partial charge is 0.324 e. The predicted molar refractivity (Wildman–Crippen MR) is 110 cm³/mol. The van der Waals surface area contributed by atoms with E-state index in [0.29, 0.717) is 29.1 Å². The number of sulfonamides is 1. The minimum atomic E-state index is -3.96. The van der Waals surface area contributed by atoms with Crippen molar-refractivity contribution in [1.82, 2.24) is 4.72 Å². The lowest BCUT2D eigenvalue weighted by Crippen LogP contribution is -2.40. The SMILES string of the molecule is CC(NS(=O)(=O)c1ccc(Cl)cc1)C(=O)OCC(=O)c1ccc2c(c1)CCC(=O)N2. The summed E-state index contributed by atoms with van der Waals surface area (Å²) in [6.45, 7) is 0.791. The normalized spacial score (nSPS) is 14.4. The first-order valence-electron chi connectivity index (χ1n) is 9.06. The van der Waals surface area contributed by atoms with Crippen molar-refractivity contribution in [2.75, 3.05) is 11.9 Å². The van der Waals surface area contributed by atoms with E-state index < -0.39 is 34.4 Å². The molecule has 1 amide bonds. The zero-order chi connectivity index (χ0) is 21.9. The van der Waals surface area contributed by atoms with E-state index in [2.05, 4.69) is 10.0 Å². The molecule has 2 aromatic rings. The number of rotatable bonds is 7. The molecule has 8 nitrogen and oxygen atoms in total. The summed E-state index contributed by atoms with van der Waals surface area (Å²) in [6.07, 6.45) is 0.858. The Morgan fingerprint density at radius 2 is 1.87 bits per heavy atom. The first-order chi connectivity index (χ1) is 14.2. The van der Waals surface area contributed by atoms with Crippen molar-refractivity contribution < 1.29 is 27.5 Å². The molecular weight excluding hydrogens is 432 g/mol. The number of amides is 1. The summed E-state index contributed by atoms with van der Waals surface area (Å²) >= 11 is 5.75. The average molecular weight is 451 g/mol. The molecule has 2 N–H and O–H groups in total. The number of ether oxygens (including phenoxy) is 1. The second-order valence-corrected chi connectivity index (χ2v) is 8.90. The van der Waals surface area contributed by atoms with E-state index in [1.165, 1.54) is 37.3 Å². The minimum Gasteiger partial charge on any atom is -0.456 e. The van der Waals surface area contributed by atoms with Crippen LogP contribution in [0.2, 0.25) is 5.02 Å². The van der Waals surface area contributed by atoms with Crippen molar-refractivity contribution in [1.29, 1.82) is 0 Å². The zero-order valence-electron chi connectivity index (χ0n) is 16.0. The van der Waals surface area contributed by atoms with Crippen LogP contribution in [0.5, 0.6) is 0 Å². The molecular formula is C20H19ClN2O6S. The molecule has 1 unspecified atom stereocenters. The van der Waals surface area contributed by atoms with Gasteiger partial charge in [0.15, 0.2) is 12.4 Å². The Hall–Kier alpha value is -2.75. The zero-order valence-corrected chi connectivity index (χ0v) is 17.5. The highest BCUT2D eigenvalue weighted by Gasteiger charge is 2.24. The van der Waals surface area contributed by atoms with Crippen LogP contribution < -0.4 is 10.0 Å². The van der Waals surface area contributed by atoms with Crippen LogP contribution in [0.25, 0.3) is 0 Å². The maximum absolute atomic E-state index is 12.3. The Labute approximate surface area is 178 Å². The van der Waals surface area contributed by atoms with Gasteiger partial charge in [-0.05, 0) is 61.4 Å². The summed E-state index contributed by atoms with van der Waals surface area (Å²) in [5.41, 5.74) is 1.83. The van der Waals surface area contributed by atoms with Gasteiger partial charge in [-0.25, -0.2) is 8.42 Å². The summed E-state index contributed by atoms with van der Waals surface area (Å²) in [4.78, 5) is 35.8. The van der Waals surface area contributed by atoms with Crippen molar-refractivity contribution in [3.05, 3.63) is 58.6 Å². The second kappa shape index (κ2) is 8.95. The second-order valence-electron chi connectivity index (χ2n) is 6.75. The molecule has 1 heterocycles. The van der Waals surface area contributed by atoms with Gasteiger partial charge in [-0.1, -0.05) is 11.6 Å². The monoisotopic (exact) mass is 450 g/mol. The van der Waals surface area contributed by atoms with E-state index in [9.17, 15) is 22.8 Å². The van der Waals surface area contributed by atoms with Crippen LogP contribution >= 0.6 is 11.6 Å². The number of ketones is 1. The molecule has 10 heteroatoms. The van der Waals surface area contributed by atoms with E-state index in [1.54, 1.807) is 12.1 Å². The molecule has 0 aromatic heterocycles. The molecule has 0 radical (unpaired) electrons. The number of anilines is 1. The topological polar surface area (TPSA) is 119 Å². The van der Waals surface area contributed by atoms with Gasteiger partial charge in [0.1, 0.15) is 6.04 Å². The van der Waals surface area contributed by atoms with Gasteiger partial charge in [0.2, 0.25) is 15.9 Å². The third-order valence-electron chi connectivity index (χ3n) is 4.48. The number of carbonyl (C=O) groups excluding carboxylic acids is 3. The molecule has 0 fully saturated rings. The Kier molecular flexibility index (Phi) is 6.55. The summed E-state index contributed by atoms with van der Waals surface area (Å²) in [6, 6.07) is 9.08. The average Bonchev–Trinajstić information content (AvgIpc) is 2.71. The molecule has 158 valence electrons. The van der Waals surface area contributed by atoms with E-state index in [4.69, 9.17) is 16.3 Å². The standard InChI is InChI=1S/C20H19ClN2O6S/c1-12(23-30(27,28)16-6-4-15(21)5-7-16)20(26)29-11-18(24)14-2-8-17-13(10-14)3-9-19(25)22-17/h2,4-8,10,12,23H,3,9,11H2,1H3,(H,22,25). The lowest BCUT2D eigenvalue weighted by molar-refractivity contribution is -0.144. The van der Waals surface area contributed by atoms with Gasteiger partial charge >= 0.3 is 5.97 Å². The lowest BCUT2D eigenvalue weighted by Gasteiger charge is -2.17. The molecule has 0 saturated heterocycles. The van der Waals surface area contributed by atoms with Gasteiger partial charge in [0.05, 0.1) is 4.90 Å². The van der Waals surface area contributed by atoms with E-state index >= 15 is 0 Å². The molecule has 0 spiro atoms. The van der Waals surface area contributed by atoms with E-state index in [0.717, 1.165) is 5.56 Å². The van der Waals surface area contributed by atoms with Gasteiger partial charge < -0.3 is 10.1 Å². The van der Waals surface area contributed by atoms with Crippen LogP contribution in [0.15, 0.2) is 47.4 Å². The molecule has 30 heavy (non-hydrogen) atoms. The van der Waals surface area contributed by atoms with E-state index in [-0.39, 0.29) is 10.8 Å². The van der Waals surface area contributed by atoms with Crippen LogP contribution in [0, 0.1) is 0 Å². The van der Waals surface area contributed by atoms with Crippen LogP contribution in [0.3, 0.4) is 0 Å². The lowest BCUT2D eigenvalue weighted by atomic mass is 9.99. The number of halogens is 1. The number of hydrogen-bond acceptors (Lipinski definition) is 6. The molecule has 0 aliphatic carbocycles. The molecule has 3 rings (SSSR count). The highest BCUT2D eigenvalue weighted by molar-refractivity contribution is 7.89. The Morgan fingerprint density at radius 3 is 2.57 bits per heavy atom. The number of nitrogens with one attached hydrogen (secondary N) is 2. The van der Waals surface area contributed by atoms with E-state index in [1.807, 2.05) is 0 Å². The molecule has 1 aliphatic heterocycles. The molecule has 1 aliphatic rings. The number of aryl methyl sites for hydroxylation is 1. The highest BCUT2D eigenvalue weighted by Crippen LogP contribution is 2.23. The number of fused-ring (bicyclic) bond motifs is 1. The van der Waals surface area contributed by atoms with Gasteiger partial charge in [0, 0.05) is 22.7 Å². The predicted octanol–water partition coefficient (Wildman–Crippen LogP) is 2.32. The highest BCUT2D eigenvalue weighted by atomic mass is 35.5. The summed E-state index contributed by atoms with van der Waals surface area (Å²) in [5.74, 6) is -1.40. The minimum absolute atomic E-state index is 0.0521. The maximum atomic E-state index is 12.3. The Balaban J connectivity index is 1.57. The number of esters is 1. The van der Waals surface area contributed by atoms with Crippen molar-refractivity contribution in [2.45, 2.75) is 30.7 Å². The van der Waals surface area contributed by atoms with Crippen molar-refractivity contribution >= 4 is 45.0 Å². The summed E-state index contributed by atoms with van der Waals surface area (Å²) in [5, 5.41) is 3.10. The quantitative estimate of drug-likeness (QED) is 0.493.